The summed E-state index contributed by atoms with van der Waals surface area (Å²) in [6, 6.07) is 12.9. The number of hydrazone groups is 1. The van der Waals surface area contributed by atoms with E-state index in [-0.39, 0.29) is 24.1 Å². The molecular weight excluding hydrogens is 349 g/mol. The molecule has 0 aromatic heterocycles. The molecule has 1 aliphatic heterocycles. The number of carbonyl (C=O) groups is 2. The number of benzene rings is 2. The molecule has 1 N–H and O–H groups in total. The molecule has 0 unspecified atom stereocenters. The Morgan fingerprint density at radius 3 is 2.63 bits per heavy atom. The summed E-state index contributed by atoms with van der Waals surface area (Å²) in [7, 11) is 0. The van der Waals surface area contributed by atoms with Crippen molar-refractivity contribution >= 4 is 23.7 Å². The van der Waals surface area contributed by atoms with Crippen molar-refractivity contribution in [1.29, 1.82) is 0 Å². The van der Waals surface area contributed by atoms with Gasteiger partial charge < -0.3 is 9.64 Å². The van der Waals surface area contributed by atoms with Crippen LogP contribution in [0.15, 0.2) is 53.6 Å². The van der Waals surface area contributed by atoms with Gasteiger partial charge in [-0.2, -0.15) is 5.10 Å². The van der Waals surface area contributed by atoms with E-state index in [1.165, 1.54) is 18.3 Å². The molecule has 1 saturated heterocycles. The Hall–Kier alpha value is -3.22. The first kappa shape index (κ1) is 18.6. The average Bonchev–Trinajstić information content (AvgIpc) is 3.06. The minimum Gasteiger partial charge on any atom is -0.494 e. The number of carbonyl (C=O) groups excluding carboxylic acids is 2. The van der Waals surface area contributed by atoms with Gasteiger partial charge in [-0.3, -0.25) is 9.59 Å². The quantitative estimate of drug-likeness (QED) is 0.629. The van der Waals surface area contributed by atoms with Crippen LogP contribution in [0.4, 0.5) is 10.1 Å². The molecule has 7 heteroatoms. The average molecular weight is 369 g/mol. The maximum absolute atomic E-state index is 12.9. The number of ether oxygens (including phenoxy) is 1. The SMILES string of the molecule is CCOc1ccc(N2C[C@@H](C(=O)N/N=C\c3ccc(F)cc3)CC2=O)cc1. The Kier molecular flexibility index (Phi) is 5.80. The van der Waals surface area contributed by atoms with Gasteiger partial charge in [-0.25, -0.2) is 9.82 Å². The van der Waals surface area contributed by atoms with Gasteiger partial charge in [-0.1, -0.05) is 12.1 Å². The molecule has 1 atom stereocenters. The molecule has 27 heavy (non-hydrogen) atoms. The van der Waals surface area contributed by atoms with E-state index >= 15 is 0 Å². The lowest BCUT2D eigenvalue weighted by Crippen LogP contribution is -2.30. The number of nitrogens with zero attached hydrogens (tertiary/aromatic N) is 2. The van der Waals surface area contributed by atoms with Crippen LogP contribution in [-0.4, -0.2) is 31.2 Å². The molecule has 2 amide bonds. The normalized spacial score (nSPS) is 16.7. The number of nitrogens with one attached hydrogen (secondary N) is 1. The van der Waals surface area contributed by atoms with Crippen molar-refractivity contribution in [3.63, 3.8) is 0 Å². The van der Waals surface area contributed by atoms with E-state index in [2.05, 4.69) is 10.5 Å². The second-order valence-corrected chi connectivity index (χ2v) is 6.12. The molecule has 3 rings (SSSR count). The van der Waals surface area contributed by atoms with E-state index in [1.807, 2.05) is 6.92 Å². The van der Waals surface area contributed by atoms with Gasteiger partial charge in [0.05, 0.1) is 18.7 Å². The number of amides is 2. The van der Waals surface area contributed by atoms with E-state index in [0.717, 1.165) is 11.4 Å². The third-order valence-corrected chi connectivity index (χ3v) is 4.21. The topological polar surface area (TPSA) is 71.0 Å². The molecule has 0 radical (unpaired) electrons. The Balaban J connectivity index is 1.57. The predicted molar refractivity (Wildman–Crippen MR) is 100 cm³/mol. The first-order valence-electron chi connectivity index (χ1n) is 8.68. The third-order valence-electron chi connectivity index (χ3n) is 4.21. The fourth-order valence-corrected chi connectivity index (χ4v) is 2.83. The van der Waals surface area contributed by atoms with Crippen LogP contribution in [0.2, 0.25) is 0 Å². The lowest BCUT2D eigenvalue weighted by molar-refractivity contribution is -0.126. The molecule has 0 aliphatic carbocycles. The van der Waals surface area contributed by atoms with Crippen molar-refractivity contribution in [3.8, 4) is 5.75 Å². The van der Waals surface area contributed by atoms with Gasteiger partial charge in [0.25, 0.3) is 0 Å². The summed E-state index contributed by atoms with van der Waals surface area (Å²) in [6.45, 7) is 2.77. The molecule has 140 valence electrons. The van der Waals surface area contributed by atoms with Crippen molar-refractivity contribution in [3.05, 3.63) is 59.9 Å². The van der Waals surface area contributed by atoms with E-state index in [4.69, 9.17) is 4.74 Å². The summed E-state index contributed by atoms with van der Waals surface area (Å²) < 4.78 is 18.3. The highest BCUT2D eigenvalue weighted by atomic mass is 19.1. The number of rotatable bonds is 6. The van der Waals surface area contributed by atoms with Gasteiger partial charge in [-0.15, -0.1) is 0 Å². The van der Waals surface area contributed by atoms with Crippen molar-refractivity contribution < 1.29 is 18.7 Å². The van der Waals surface area contributed by atoms with Crippen LogP contribution in [0, 0.1) is 11.7 Å². The van der Waals surface area contributed by atoms with Crippen LogP contribution in [0.3, 0.4) is 0 Å². The standard InChI is InChI=1S/C20H20FN3O3/c1-2-27-18-9-7-17(8-10-18)24-13-15(11-19(24)25)20(26)23-22-12-14-3-5-16(21)6-4-14/h3-10,12,15H,2,11,13H2,1H3,(H,23,26)/b22-12-/t15-/m0/s1. The van der Waals surface area contributed by atoms with Crippen LogP contribution >= 0.6 is 0 Å². The summed E-state index contributed by atoms with van der Waals surface area (Å²) in [5.41, 5.74) is 3.84. The van der Waals surface area contributed by atoms with Crippen LogP contribution in [0.5, 0.6) is 5.75 Å². The van der Waals surface area contributed by atoms with Crippen molar-refractivity contribution in [2.24, 2.45) is 11.0 Å². The van der Waals surface area contributed by atoms with Crippen molar-refractivity contribution in [1.82, 2.24) is 5.43 Å². The molecule has 1 fully saturated rings. The number of anilines is 1. The summed E-state index contributed by atoms with van der Waals surface area (Å²) in [5, 5.41) is 3.88. The number of hydrogen-bond acceptors (Lipinski definition) is 4. The molecular formula is C20H20FN3O3. The van der Waals surface area contributed by atoms with Gasteiger partial charge in [0, 0.05) is 18.7 Å². The molecule has 0 bridgehead atoms. The van der Waals surface area contributed by atoms with E-state index in [9.17, 15) is 14.0 Å². The summed E-state index contributed by atoms with van der Waals surface area (Å²) >= 11 is 0. The third kappa shape index (κ3) is 4.69. The monoisotopic (exact) mass is 369 g/mol. The molecule has 1 aliphatic rings. The Morgan fingerprint density at radius 1 is 1.26 bits per heavy atom. The Bertz CT molecular complexity index is 835. The molecule has 2 aromatic carbocycles. The Morgan fingerprint density at radius 2 is 1.96 bits per heavy atom. The first-order chi connectivity index (χ1) is 13.1. The Labute approximate surface area is 156 Å². The van der Waals surface area contributed by atoms with E-state index in [0.29, 0.717) is 18.7 Å². The zero-order chi connectivity index (χ0) is 19.2. The highest BCUT2D eigenvalue weighted by Crippen LogP contribution is 2.27. The second kappa shape index (κ2) is 8.44. The zero-order valence-corrected chi connectivity index (χ0v) is 14.9. The van der Waals surface area contributed by atoms with E-state index in [1.54, 1.807) is 41.3 Å². The van der Waals surface area contributed by atoms with Crippen molar-refractivity contribution in [2.75, 3.05) is 18.1 Å². The van der Waals surface area contributed by atoms with E-state index < -0.39 is 5.92 Å². The molecule has 2 aromatic rings. The van der Waals surface area contributed by atoms with Gasteiger partial charge in [0.2, 0.25) is 11.8 Å². The summed E-state index contributed by atoms with van der Waals surface area (Å²) in [6.07, 6.45) is 1.56. The van der Waals surface area contributed by atoms with Crippen LogP contribution in [0.25, 0.3) is 0 Å². The molecule has 6 nitrogen and oxygen atoms in total. The zero-order valence-electron chi connectivity index (χ0n) is 14.9. The highest BCUT2D eigenvalue weighted by molar-refractivity contribution is 6.00. The summed E-state index contributed by atoms with van der Waals surface area (Å²) in [5.74, 6) is -0.515. The molecule has 0 spiro atoms. The molecule has 1 heterocycles. The smallest absolute Gasteiger partial charge is 0.245 e. The van der Waals surface area contributed by atoms with Gasteiger partial charge in [0.15, 0.2) is 0 Å². The lowest BCUT2D eigenvalue weighted by atomic mass is 10.1. The van der Waals surface area contributed by atoms with Gasteiger partial charge in [-0.05, 0) is 48.9 Å². The first-order valence-corrected chi connectivity index (χ1v) is 8.68. The predicted octanol–water partition coefficient (Wildman–Crippen LogP) is 2.73. The second-order valence-electron chi connectivity index (χ2n) is 6.12. The number of hydrogen-bond donors (Lipinski definition) is 1. The maximum Gasteiger partial charge on any atom is 0.245 e. The number of halogens is 1. The fourth-order valence-electron chi connectivity index (χ4n) is 2.83. The largest absolute Gasteiger partial charge is 0.494 e. The van der Waals surface area contributed by atoms with Gasteiger partial charge >= 0.3 is 0 Å². The molecule has 0 saturated carbocycles. The van der Waals surface area contributed by atoms with Crippen LogP contribution in [-0.2, 0) is 9.59 Å². The van der Waals surface area contributed by atoms with Crippen LogP contribution in [0.1, 0.15) is 18.9 Å². The lowest BCUT2D eigenvalue weighted by Gasteiger charge is -2.17. The summed E-state index contributed by atoms with van der Waals surface area (Å²) in [4.78, 5) is 26.1. The maximum atomic E-state index is 12.9. The van der Waals surface area contributed by atoms with Crippen LogP contribution < -0.4 is 15.1 Å². The minimum atomic E-state index is -0.477. The van der Waals surface area contributed by atoms with Gasteiger partial charge in [0.1, 0.15) is 11.6 Å². The van der Waals surface area contributed by atoms with Crippen molar-refractivity contribution in [2.45, 2.75) is 13.3 Å². The minimum absolute atomic E-state index is 0.109. The fraction of sp³-hybridized carbons (Fsp3) is 0.250. The highest BCUT2D eigenvalue weighted by Gasteiger charge is 2.35.